The second kappa shape index (κ2) is 5.33. The van der Waals surface area contributed by atoms with E-state index < -0.39 is 0 Å². The van der Waals surface area contributed by atoms with Crippen molar-refractivity contribution in [1.29, 1.82) is 0 Å². The fraction of sp³-hybridized carbons (Fsp3) is 0.353. The zero-order chi connectivity index (χ0) is 14.1. The lowest BCUT2D eigenvalue weighted by Crippen LogP contribution is -2.17. The molecule has 1 aliphatic carbocycles. The fourth-order valence-corrected chi connectivity index (χ4v) is 3.17. The van der Waals surface area contributed by atoms with E-state index in [9.17, 15) is 4.39 Å². The predicted octanol–water partition coefficient (Wildman–Crippen LogP) is 3.71. The van der Waals surface area contributed by atoms with Gasteiger partial charge in [-0.25, -0.2) is 4.39 Å². The predicted molar refractivity (Wildman–Crippen MR) is 78.0 cm³/mol. The summed E-state index contributed by atoms with van der Waals surface area (Å²) in [6.07, 6.45) is 5.00. The zero-order valence-corrected chi connectivity index (χ0v) is 11.6. The summed E-state index contributed by atoms with van der Waals surface area (Å²) in [4.78, 5) is 4.54. The Bertz CT molecular complexity index is 622. The highest BCUT2D eigenvalue weighted by Gasteiger charge is 2.25. The standard InChI is InChI=1S/C17H19FN2/c1-11(19)14-8-7-13(18)10-16(14)15-6-2-4-12-5-3-9-20-17(12)15/h3,5,7-11,15H,2,4,6,19H2,1H3. The van der Waals surface area contributed by atoms with Crippen molar-refractivity contribution in [2.75, 3.05) is 0 Å². The Kier molecular flexibility index (Phi) is 3.53. The van der Waals surface area contributed by atoms with Crippen LogP contribution in [0.5, 0.6) is 0 Å². The third-order valence-electron chi connectivity index (χ3n) is 4.11. The van der Waals surface area contributed by atoms with Gasteiger partial charge in [-0.05, 0) is 61.1 Å². The van der Waals surface area contributed by atoms with E-state index in [1.54, 1.807) is 6.07 Å². The molecule has 0 amide bonds. The number of nitrogens with zero attached hydrogens (tertiary/aromatic N) is 1. The minimum atomic E-state index is -0.201. The van der Waals surface area contributed by atoms with Crippen molar-refractivity contribution < 1.29 is 4.39 Å². The minimum Gasteiger partial charge on any atom is -0.324 e. The van der Waals surface area contributed by atoms with Crippen molar-refractivity contribution in [3.05, 3.63) is 64.7 Å². The molecule has 2 unspecified atom stereocenters. The van der Waals surface area contributed by atoms with Gasteiger partial charge in [-0.2, -0.15) is 0 Å². The van der Waals surface area contributed by atoms with Crippen LogP contribution in [0, 0.1) is 5.82 Å². The summed E-state index contributed by atoms with van der Waals surface area (Å²) in [5, 5.41) is 0. The SMILES string of the molecule is CC(N)c1ccc(F)cc1C1CCCc2cccnc21. The fourth-order valence-electron chi connectivity index (χ4n) is 3.17. The molecule has 2 nitrogen and oxygen atoms in total. The van der Waals surface area contributed by atoms with Gasteiger partial charge < -0.3 is 5.73 Å². The van der Waals surface area contributed by atoms with Gasteiger partial charge in [-0.15, -0.1) is 0 Å². The molecule has 1 aromatic carbocycles. The van der Waals surface area contributed by atoms with E-state index in [2.05, 4.69) is 11.1 Å². The van der Waals surface area contributed by atoms with Crippen molar-refractivity contribution in [2.45, 2.75) is 38.1 Å². The van der Waals surface area contributed by atoms with Crippen LogP contribution in [0.2, 0.25) is 0 Å². The number of hydrogen-bond acceptors (Lipinski definition) is 2. The van der Waals surface area contributed by atoms with Crippen LogP contribution in [0.15, 0.2) is 36.5 Å². The molecule has 2 atom stereocenters. The third-order valence-corrected chi connectivity index (χ3v) is 4.11. The summed E-state index contributed by atoms with van der Waals surface area (Å²) in [5.74, 6) is -0.0379. The van der Waals surface area contributed by atoms with Crippen molar-refractivity contribution in [3.63, 3.8) is 0 Å². The van der Waals surface area contributed by atoms with Gasteiger partial charge in [0.15, 0.2) is 0 Å². The molecule has 2 N–H and O–H groups in total. The van der Waals surface area contributed by atoms with Crippen LogP contribution in [0.1, 0.15) is 54.1 Å². The van der Waals surface area contributed by atoms with Gasteiger partial charge in [0.2, 0.25) is 0 Å². The first kappa shape index (κ1) is 13.3. The second-order valence-corrected chi connectivity index (χ2v) is 5.55. The summed E-state index contributed by atoms with van der Waals surface area (Å²) in [7, 11) is 0. The van der Waals surface area contributed by atoms with Crippen LogP contribution < -0.4 is 5.73 Å². The van der Waals surface area contributed by atoms with E-state index in [0.717, 1.165) is 36.1 Å². The largest absolute Gasteiger partial charge is 0.324 e. The molecule has 0 aliphatic heterocycles. The Hall–Kier alpha value is -1.74. The first-order valence-electron chi connectivity index (χ1n) is 7.15. The topological polar surface area (TPSA) is 38.9 Å². The number of aromatic nitrogens is 1. The van der Waals surface area contributed by atoms with Gasteiger partial charge in [-0.1, -0.05) is 12.1 Å². The van der Waals surface area contributed by atoms with Crippen LogP contribution >= 0.6 is 0 Å². The number of rotatable bonds is 2. The molecule has 0 saturated carbocycles. The van der Waals surface area contributed by atoms with E-state index in [4.69, 9.17) is 5.73 Å². The van der Waals surface area contributed by atoms with Crippen LogP contribution in [0.3, 0.4) is 0 Å². The first-order valence-corrected chi connectivity index (χ1v) is 7.15. The molecule has 3 heteroatoms. The maximum absolute atomic E-state index is 13.7. The van der Waals surface area contributed by atoms with Crippen LogP contribution in [-0.2, 0) is 6.42 Å². The number of aryl methyl sites for hydroxylation is 1. The molecule has 3 rings (SSSR count). The summed E-state index contributed by atoms with van der Waals surface area (Å²) in [5.41, 5.74) is 10.4. The van der Waals surface area contributed by atoms with E-state index in [1.807, 2.05) is 25.3 Å². The number of pyridine rings is 1. The van der Waals surface area contributed by atoms with Gasteiger partial charge in [0.1, 0.15) is 5.82 Å². The van der Waals surface area contributed by atoms with E-state index in [1.165, 1.54) is 11.6 Å². The number of halogens is 1. The molecule has 2 aromatic rings. The average Bonchev–Trinajstić information content (AvgIpc) is 2.46. The molecule has 0 bridgehead atoms. The molecule has 0 radical (unpaired) electrons. The lowest BCUT2D eigenvalue weighted by atomic mass is 9.79. The maximum Gasteiger partial charge on any atom is 0.123 e. The van der Waals surface area contributed by atoms with Gasteiger partial charge in [-0.3, -0.25) is 4.98 Å². The van der Waals surface area contributed by atoms with Gasteiger partial charge >= 0.3 is 0 Å². The molecular formula is C17H19FN2. The highest BCUT2D eigenvalue weighted by Crippen LogP contribution is 2.38. The Morgan fingerprint density at radius 1 is 1.35 bits per heavy atom. The Balaban J connectivity index is 2.12. The normalized spacial score (nSPS) is 19.4. The monoisotopic (exact) mass is 270 g/mol. The molecule has 1 aliphatic rings. The minimum absolute atomic E-state index is 0.0975. The molecule has 1 heterocycles. The number of benzene rings is 1. The van der Waals surface area contributed by atoms with Crippen molar-refractivity contribution in [3.8, 4) is 0 Å². The zero-order valence-electron chi connectivity index (χ0n) is 11.6. The molecule has 0 fully saturated rings. The van der Waals surface area contributed by atoms with Crippen molar-refractivity contribution in [1.82, 2.24) is 4.98 Å². The van der Waals surface area contributed by atoms with E-state index >= 15 is 0 Å². The highest BCUT2D eigenvalue weighted by atomic mass is 19.1. The second-order valence-electron chi connectivity index (χ2n) is 5.55. The van der Waals surface area contributed by atoms with Crippen LogP contribution in [-0.4, -0.2) is 4.98 Å². The Labute approximate surface area is 118 Å². The summed E-state index contributed by atoms with van der Waals surface area (Å²) in [6, 6.07) is 8.93. The van der Waals surface area contributed by atoms with E-state index in [-0.39, 0.29) is 17.8 Å². The summed E-state index contributed by atoms with van der Waals surface area (Å²) < 4.78 is 13.7. The number of nitrogens with two attached hydrogens (primary N) is 1. The van der Waals surface area contributed by atoms with Gasteiger partial charge in [0.05, 0.1) is 5.69 Å². The molecule has 1 aromatic heterocycles. The maximum atomic E-state index is 13.7. The number of hydrogen-bond donors (Lipinski definition) is 1. The van der Waals surface area contributed by atoms with E-state index in [0.29, 0.717) is 0 Å². The quantitative estimate of drug-likeness (QED) is 0.903. The van der Waals surface area contributed by atoms with Crippen LogP contribution in [0.4, 0.5) is 4.39 Å². The molecule has 104 valence electrons. The smallest absolute Gasteiger partial charge is 0.123 e. The molecule has 0 saturated heterocycles. The summed E-state index contributed by atoms with van der Waals surface area (Å²) >= 11 is 0. The van der Waals surface area contributed by atoms with Crippen molar-refractivity contribution >= 4 is 0 Å². The lowest BCUT2D eigenvalue weighted by molar-refractivity contribution is 0.578. The Morgan fingerprint density at radius 3 is 3.00 bits per heavy atom. The van der Waals surface area contributed by atoms with Crippen LogP contribution in [0.25, 0.3) is 0 Å². The lowest BCUT2D eigenvalue weighted by Gasteiger charge is -2.27. The molecule has 20 heavy (non-hydrogen) atoms. The molecular weight excluding hydrogens is 251 g/mol. The average molecular weight is 270 g/mol. The first-order chi connectivity index (χ1) is 9.66. The third kappa shape index (κ3) is 2.34. The molecule has 0 spiro atoms. The highest BCUT2D eigenvalue weighted by molar-refractivity contribution is 5.41. The Morgan fingerprint density at radius 2 is 2.20 bits per heavy atom. The van der Waals surface area contributed by atoms with Gasteiger partial charge in [0, 0.05) is 18.2 Å². The number of fused-ring (bicyclic) bond motifs is 1. The van der Waals surface area contributed by atoms with Gasteiger partial charge in [0.25, 0.3) is 0 Å². The van der Waals surface area contributed by atoms with Crippen molar-refractivity contribution in [2.24, 2.45) is 5.73 Å². The summed E-state index contributed by atoms with van der Waals surface area (Å²) in [6.45, 7) is 1.94.